The molecule has 1 aliphatic rings. The number of para-hydroxylation sites is 1. The standard InChI is InChI=1S/C12H16O6/c13-6-8-9(14)10(15)11(16)12(18-8)17-7-4-2-1-3-5-7/h1-5,8-16H,6H2/t8-,9+,10+,11+,12-/m0/s1. The molecule has 1 aliphatic heterocycles. The molecule has 0 amide bonds. The molecule has 6 heteroatoms. The zero-order valence-electron chi connectivity index (χ0n) is 9.59. The number of aliphatic hydroxyl groups is 4. The molecular formula is C12H16O6. The molecular weight excluding hydrogens is 240 g/mol. The molecule has 18 heavy (non-hydrogen) atoms. The highest BCUT2D eigenvalue weighted by Gasteiger charge is 2.44. The molecule has 0 bridgehead atoms. The molecule has 0 radical (unpaired) electrons. The monoisotopic (exact) mass is 256 g/mol. The summed E-state index contributed by atoms with van der Waals surface area (Å²) in [6.45, 7) is -0.473. The predicted octanol–water partition coefficient (Wildman–Crippen LogP) is -1.13. The van der Waals surface area contributed by atoms with Crippen molar-refractivity contribution in [3.05, 3.63) is 30.3 Å². The zero-order chi connectivity index (χ0) is 13.1. The van der Waals surface area contributed by atoms with Gasteiger partial charge in [-0.15, -0.1) is 0 Å². The molecule has 0 saturated carbocycles. The lowest BCUT2D eigenvalue weighted by molar-refractivity contribution is -0.277. The minimum absolute atomic E-state index is 0.460. The lowest BCUT2D eigenvalue weighted by Gasteiger charge is -2.39. The SMILES string of the molecule is OC[C@@H]1O[C@H](Oc2ccccc2)[C@H](O)[C@H](O)[C@@H]1O. The Morgan fingerprint density at radius 2 is 1.67 bits per heavy atom. The van der Waals surface area contributed by atoms with Gasteiger partial charge >= 0.3 is 0 Å². The van der Waals surface area contributed by atoms with Crippen LogP contribution in [0.2, 0.25) is 0 Å². The van der Waals surface area contributed by atoms with E-state index >= 15 is 0 Å². The van der Waals surface area contributed by atoms with Gasteiger partial charge in [-0.2, -0.15) is 0 Å². The van der Waals surface area contributed by atoms with Crippen LogP contribution >= 0.6 is 0 Å². The van der Waals surface area contributed by atoms with Gasteiger partial charge in [0.1, 0.15) is 30.2 Å². The van der Waals surface area contributed by atoms with Crippen LogP contribution in [0.5, 0.6) is 5.75 Å². The van der Waals surface area contributed by atoms with Crippen LogP contribution in [0, 0.1) is 0 Å². The second kappa shape index (κ2) is 5.64. The lowest BCUT2D eigenvalue weighted by atomic mass is 9.99. The van der Waals surface area contributed by atoms with Crippen LogP contribution in [0.3, 0.4) is 0 Å². The molecule has 1 heterocycles. The fourth-order valence-electron chi connectivity index (χ4n) is 1.80. The summed E-state index contributed by atoms with van der Waals surface area (Å²) in [5, 5.41) is 37.9. The Kier molecular flexibility index (Phi) is 4.15. The summed E-state index contributed by atoms with van der Waals surface area (Å²) >= 11 is 0. The second-order valence-electron chi connectivity index (χ2n) is 4.13. The molecule has 5 atom stereocenters. The van der Waals surface area contributed by atoms with Crippen molar-refractivity contribution in [1.82, 2.24) is 0 Å². The third-order valence-electron chi connectivity index (χ3n) is 2.84. The average Bonchev–Trinajstić information content (AvgIpc) is 2.40. The van der Waals surface area contributed by atoms with Gasteiger partial charge in [-0.25, -0.2) is 0 Å². The summed E-state index contributed by atoms with van der Waals surface area (Å²) in [5.74, 6) is 0.460. The Hall–Kier alpha value is -1.18. The molecule has 4 N–H and O–H groups in total. The lowest BCUT2D eigenvalue weighted by Crippen LogP contribution is -2.60. The highest BCUT2D eigenvalue weighted by molar-refractivity contribution is 5.21. The van der Waals surface area contributed by atoms with Crippen molar-refractivity contribution in [3.63, 3.8) is 0 Å². The van der Waals surface area contributed by atoms with Crippen molar-refractivity contribution < 1.29 is 29.9 Å². The molecule has 0 aromatic heterocycles. The molecule has 0 aliphatic carbocycles. The minimum atomic E-state index is -1.43. The maximum absolute atomic E-state index is 9.74. The van der Waals surface area contributed by atoms with E-state index in [2.05, 4.69) is 0 Å². The minimum Gasteiger partial charge on any atom is -0.462 e. The van der Waals surface area contributed by atoms with E-state index < -0.39 is 37.3 Å². The van der Waals surface area contributed by atoms with Gasteiger partial charge in [-0.05, 0) is 12.1 Å². The van der Waals surface area contributed by atoms with E-state index in [4.69, 9.17) is 14.6 Å². The summed E-state index contributed by atoms with van der Waals surface area (Å²) in [7, 11) is 0. The van der Waals surface area contributed by atoms with Crippen molar-refractivity contribution in [2.45, 2.75) is 30.7 Å². The van der Waals surface area contributed by atoms with Gasteiger partial charge in [0.25, 0.3) is 0 Å². The van der Waals surface area contributed by atoms with Gasteiger partial charge in [0.15, 0.2) is 0 Å². The molecule has 0 unspecified atom stereocenters. The van der Waals surface area contributed by atoms with E-state index in [-0.39, 0.29) is 0 Å². The molecule has 1 saturated heterocycles. The van der Waals surface area contributed by atoms with Crippen LogP contribution in [0.25, 0.3) is 0 Å². The topological polar surface area (TPSA) is 99.4 Å². The number of rotatable bonds is 3. The maximum atomic E-state index is 9.74. The van der Waals surface area contributed by atoms with Crippen molar-refractivity contribution in [2.75, 3.05) is 6.61 Å². The third kappa shape index (κ3) is 2.63. The van der Waals surface area contributed by atoms with Crippen LogP contribution in [-0.2, 0) is 4.74 Å². The van der Waals surface area contributed by atoms with Crippen molar-refractivity contribution in [1.29, 1.82) is 0 Å². The fraction of sp³-hybridized carbons (Fsp3) is 0.500. The van der Waals surface area contributed by atoms with Crippen LogP contribution in [0.15, 0.2) is 30.3 Å². The number of benzene rings is 1. The molecule has 2 rings (SSSR count). The van der Waals surface area contributed by atoms with E-state index in [1.807, 2.05) is 0 Å². The average molecular weight is 256 g/mol. The Morgan fingerprint density at radius 3 is 2.28 bits per heavy atom. The number of hydrogen-bond donors (Lipinski definition) is 4. The van der Waals surface area contributed by atoms with Gasteiger partial charge in [0.2, 0.25) is 6.29 Å². The zero-order valence-corrected chi connectivity index (χ0v) is 9.59. The number of ether oxygens (including phenoxy) is 2. The van der Waals surface area contributed by atoms with Gasteiger partial charge < -0.3 is 29.9 Å². The van der Waals surface area contributed by atoms with Gasteiger partial charge in [-0.3, -0.25) is 0 Å². The van der Waals surface area contributed by atoms with E-state index in [9.17, 15) is 15.3 Å². The van der Waals surface area contributed by atoms with E-state index in [1.54, 1.807) is 30.3 Å². The Morgan fingerprint density at radius 1 is 1.00 bits per heavy atom. The van der Waals surface area contributed by atoms with E-state index in [0.717, 1.165) is 0 Å². The van der Waals surface area contributed by atoms with E-state index in [0.29, 0.717) is 5.75 Å². The Labute approximate surface area is 104 Å². The largest absolute Gasteiger partial charge is 0.462 e. The summed E-state index contributed by atoms with van der Waals surface area (Å²) in [6, 6.07) is 8.64. The van der Waals surface area contributed by atoms with Gasteiger partial charge in [0, 0.05) is 0 Å². The highest BCUT2D eigenvalue weighted by atomic mass is 16.7. The number of hydrogen-bond acceptors (Lipinski definition) is 6. The summed E-state index contributed by atoms with van der Waals surface area (Å²) < 4.78 is 10.6. The van der Waals surface area contributed by atoms with Crippen LogP contribution < -0.4 is 4.74 Å². The van der Waals surface area contributed by atoms with Crippen LogP contribution in [0.4, 0.5) is 0 Å². The first-order chi connectivity index (χ1) is 8.63. The Bertz CT molecular complexity index is 368. The molecule has 100 valence electrons. The smallest absolute Gasteiger partial charge is 0.229 e. The summed E-state index contributed by atoms with van der Waals surface area (Å²) in [4.78, 5) is 0. The normalized spacial score (nSPS) is 36.3. The number of aliphatic hydroxyl groups excluding tert-OH is 4. The van der Waals surface area contributed by atoms with Crippen molar-refractivity contribution >= 4 is 0 Å². The molecule has 1 aromatic carbocycles. The summed E-state index contributed by atoms with van der Waals surface area (Å²) in [6.07, 6.45) is -6.28. The fourth-order valence-corrected chi connectivity index (χ4v) is 1.80. The van der Waals surface area contributed by atoms with Crippen molar-refractivity contribution in [3.8, 4) is 5.75 Å². The van der Waals surface area contributed by atoms with Crippen LogP contribution in [0.1, 0.15) is 0 Å². The maximum Gasteiger partial charge on any atom is 0.229 e. The van der Waals surface area contributed by atoms with E-state index in [1.165, 1.54) is 0 Å². The first-order valence-electron chi connectivity index (χ1n) is 5.65. The van der Waals surface area contributed by atoms with Gasteiger partial charge in [-0.1, -0.05) is 18.2 Å². The molecule has 1 aromatic rings. The van der Waals surface area contributed by atoms with Crippen LogP contribution in [-0.4, -0.2) is 57.7 Å². The molecule has 1 fully saturated rings. The van der Waals surface area contributed by atoms with Crippen molar-refractivity contribution in [2.24, 2.45) is 0 Å². The molecule has 6 nitrogen and oxygen atoms in total. The van der Waals surface area contributed by atoms with Gasteiger partial charge in [0.05, 0.1) is 6.61 Å². The predicted molar refractivity (Wildman–Crippen MR) is 60.8 cm³/mol. The first-order valence-corrected chi connectivity index (χ1v) is 5.65. The third-order valence-corrected chi connectivity index (χ3v) is 2.84. The Balaban J connectivity index is 2.08. The summed E-state index contributed by atoms with van der Waals surface area (Å²) in [5.41, 5.74) is 0. The second-order valence-corrected chi connectivity index (χ2v) is 4.13. The molecule has 0 spiro atoms. The quantitative estimate of drug-likeness (QED) is 0.546. The first kappa shape index (κ1) is 13.3. The highest BCUT2D eigenvalue weighted by Crippen LogP contribution is 2.23.